The number of carboxylic acids is 1. The molecule has 5 heteroatoms. The Kier molecular flexibility index (Phi) is 5.14. The van der Waals surface area contributed by atoms with Crippen molar-refractivity contribution in [1.29, 1.82) is 0 Å². The van der Waals surface area contributed by atoms with E-state index in [9.17, 15) is 9.59 Å². The van der Waals surface area contributed by atoms with Crippen LogP contribution in [0.1, 0.15) is 40.0 Å². The van der Waals surface area contributed by atoms with Crippen molar-refractivity contribution in [3.8, 4) is 0 Å². The van der Waals surface area contributed by atoms with Gasteiger partial charge < -0.3 is 10.4 Å². The highest BCUT2D eigenvalue weighted by Crippen LogP contribution is 2.31. The minimum atomic E-state index is -0.774. The highest BCUT2D eigenvalue weighted by molar-refractivity contribution is 5.81. The van der Waals surface area contributed by atoms with Gasteiger partial charge in [0.05, 0.1) is 11.5 Å². The molecule has 2 unspecified atom stereocenters. The van der Waals surface area contributed by atoms with E-state index in [4.69, 9.17) is 5.11 Å². The van der Waals surface area contributed by atoms with Gasteiger partial charge in [0.1, 0.15) is 0 Å². The highest BCUT2D eigenvalue weighted by Gasteiger charge is 2.42. The van der Waals surface area contributed by atoms with Crippen molar-refractivity contribution in [1.82, 2.24) is 10.2 Å². The first kappa shape index (κ1) is 15.0. The largest absolute Gasteiger partial charge is 0.481 e. The molecule has 1 amide bonds. The first-order valence-electron chi connectivity index (χ1n) is 6.66. The van der Waals surface area contributed by atoms with E-state index in [1.807, 2.05) is 11.8 Å². The number of carbonyl (C=O) groups is 2. The molecule has 1 heterocycles. The van der Waals surface area contributed by atoms with Crippen molar-refractivity contribution in [2.75, 3.05) is 19.6 Å². The fraction of sp³-hybridized carbons (Fsp3) is 0.846. The van der Waals surface area contributed by atoms with Crippen LogP contribution in [0, 0.1) is 5.41 Å². The van der Waals surface area contributed by atoms with Gasteiger partial charge in [-0.2, -0.15) is 0 Å². The average molecular weight is 256 g/mol. The van der Waals surface area contributed by atoms with E-state index in [1.54, 1.807) is 6.92 Å². The Labute approximate surface area is 109 Å². The van der Waals surface area contributed by atoms with Crippen LogP contribution in [0.2, 0.25) is 0 Å². The molecule has 0 aromatic carbocycles. The summed E-state index contributed by atoms with van der Waals surface area (Å²) < 4.78 is 0. The molecule has 2 N–H and O–H groups in total. The lowest BCUT2D eigenvalue weighted by Crippen LogP contribution is -2.45. The fourth-order valence-electron chi connectivity index (χ4n) is 2.20. The number of unbranched alkanes of at least 4 members (excludes halogenated alkanes) is 1. The van der Waals surface area contributed by atoms with Gasteiger partial charge in [-0.15, -0.1) is 0 Å². The Morgan fingerprint density at radius 1 is 1.50 bits per heavy atom. The van der Waals surface area contributed by atoms with Gasteiger partial charge in [-0.05, 0) is 26.7 Å². The summed E-state index contributed by atoms with van der Waals surface area (Å²) in [5.41, 5.74) is -0.710. The molecule has 0 aromatic rings. The van der Waals surface area contributed by atoms with E-state index in [0.29, 0.717) is 26.1 Å². The maximum Gasteiger partial charge on any atom is 0.310 e. The second-order valence-electron chi connectivity index (χ2n) is 5.41. The number of carboxylic acid groups (broad SMARTS) is 1. The van der Waals surface area contributed by atoms with Crippen LogP contribution >= 0.6 is 0 Å². The van der Waals surface area contributed by atoms with E-state index >= 15 is 0 Å². The number of amides is 1. The maximum atomic E-state index is 11.9. The van der Waals surface area contributed by atoms with Gasteiger partial charge in [-0.25, -0.2) is 0 Å². The van der Waals surface area contributed by atoms with E-state index in [1.165, 1.54) is 0 Å². The van der Waals surface area contributed by atoms with Crippen molar-refractivity contribution < 1.29 is 14.7 Å². The molecule has 0 radical (unpaired) electrons. The number of aliphatic carboxylic acids is 1. The number of nitrogens with one attached hydrogen (secondary N) is 1. The van der Waals surface area contributed by atoms with Gasteiger partial charge in [-0.3, -0.25) is 14.5 Å². The van der Waals surface area contributed by atoms with Crippen LogP contribution in [-0.2, 0) is 9.59 Å². The van der Waals surface area contributed by atoms with Crippen LogP contribution in [0.3, 0.4) is 0 Å². The van der Waals surface area contributed by atoms with Crippen molar-refractivity contribution in [3.05, 3.63) is 0 Å². The summed E-state index contributed by atoms with van der Waals surface area (Å²) in [6, 6.07) is -0.247. The lowest BCUT2D eigenvalue weighted by Gasteiger charge is -2.25. The van der Waals surface area contributed by atoms with Crippen LogP contribution in [0.4, 0.5) is 0 Å². The molecule has 1 aliphatic rings. The molecule has 5 nitrogen and oxygen atoms in total. The van der Waals surface area contributed by atoms with Gasteiger partial charge in [-0.1, -0.05) is 13.3 Å². The third-order valence-electron chi connectivity index (χ3n) is 3.78. The maximum absolute atomic E-state index is 11.9. The van der Waals surface area contributed by atoms with E-state index in [0.717, 1.165) is 12.8 Å². The predicted octanol–water partition coefficient (Wildman–Crippen LogP) is 1.09. The molecule has 2 atom stereocenters. The van der Waals surface area contributed by atoms with Crippen LogP contribution in [0.15, 0.2) is 0 Å². The first-order chi connectivity index (χ1) is 8.40. The second-order valence-corrected chi connectivity index (χ2v) is 5.41. The molecular weight excluding hydrogens is 232 g/mol. The van der Waals surface area contributed by atoms with Gasteiger partial charge in [0.15, 0.2) is 0 Å². The molecule has 0 bridgehead atoms. The third-order valence-corrected chi connectivity index (χ3v) is 3.78. The smallest absolute Gasteiger partial charge is 0.310 e. The average Bonchev–Trinajstić information content (AvgIpc) is 2.72. The molecule has 1 fully saturated rings. The number of carbonyl (C=O) groups excluding carboxylic acids is 1. The summed E-state index contributed by atoms with van der Waals surface area (Å²) in [5, 5.41) is 12.0. The Balaban J connectivity index is 2.46. The molecule has 0 aromatic heterocycles. The van der Waals surface area contributed by atoms with Gasteiger partial charge in [0.25, 0.3) is 0 Å². The molecule has 0 aliphatic carbocycles. The summed E-state index contributed by atoms with van der Waals surface area (Å²) in [7, 11) is 0. The molecule has 1 aliphatic heterocycles. The van der Waals surface area contributed by atoms with Crippen molar-refractivity contribution in [3.63, 3.8) is 0 Å². The van der Waals surface area contributed by atoms with Crippen molar-refractivity contribution in [2.45, 2.75) is 46.1 Å². The summed E-state index contributed by atoms with van der Waals surface area (Å²) in [6.45, 7) is 7.49. The first-order valence-corrected chi connectivity index (χ1v) is 6.66. The number of rotatable bonds is 6. The van der Waals surface area contributed by atoms with Crippen LogP contribution in [0.5, 0.6) is 0 Å². The number of hydrogen-bond acceptors (Lipinski definition) is 3. The molecule has 18 heavy (non-hydrogen) atoms. The van der Waals surface area contributed by atoms with E-state index in [2.05, 4.69) is 12.2 Å². The van der Waals surface area contributed by atoms with Crippen molar-refractivity contribution >= 4 is 11.9 Å². The highest BCUT2D eigenvalue weighted by atomic mass is 16.4. The van der Waals surface area contributed by atoms with Crippen LogP contribution < -0.4 is 5.32 Å². The van der Waals surface area contributed by atoms with E-state index in [-0.39, 0.29) is 11.9 Å². The zero-order chi connectivity index (χ0) is 13.8. The summed E-state index contributed by atoms with van der Waals surface area (Å²) in [6.07, 6.45) is 2.63. The number of nitrogens with zero attached hydrogens (tertiary/aromatic N) is 1. The third kappa shape index (κ3) is 3.45. The minimum absolute atomic E-state index is 0.00177. The quantitative estimate of drug-likeness (QED) is 0.698. The molecule has 1 rings (SSSR count). The zero-order valence-corrected chi connectivity index (χ0v) is 11.5. The van der Waals surface area contributed by atoms with Crippen LogP contribution in [-0.4, -0.2) is 47.6 Å². The number of likely N-dealkylation sites (tertiary alicyclic amines) is 1. The molecule has 1 saturated heterocycles. The Hall–Kier alpha value is -1.10. The molecular formula is C13H24N2O3. The lowest BCUT2D eigenvalue weighted by molar-refractivity contribution is -0.147. The van der Waals surface area contributed by atoms with Crippen molar-refractivity contribution in [2.24, 2.45) is 5.41 Å². The molecule has 104 valence electrons. The fourth-order valence-corrected chi connectivity index (χ4v) is 2.20. The Morgan fingerprint density at radius 3 is 2.67 bits per heavy atom. The Bertz CT molecular complexity index is 319. The van der Waals surface area contributed by atoms with Gasteiger partial charge >= 0.3 is 5.97 Å². The Morgan fingerprint density at radius 2 is 2.17 bits per heavy atom. The van der Waals surface area contributed by atoms with Crippen LogP contribution in [0.25, 0.3) is 0 Å². The predicted molar refractivity (Wildman–Crippen MR) is 69.3 cm³/mol. The normalized spacial score (nSPS) is 25.9. The molecule has 0 spiro atoms. The monoisotopic (exact) mass is 256 g/mol. The zero-order valence-electron chi connectivity index (χ0n) is 11.5. The topological polar surface area (TPSA) is 69.6 Å². The summed E-state index contributed by atoms with van der Waals surface area (Å²) >= 11 is 0. The molecule has 0 saturated carbocycles. The lowest BCUT2D eigenvalue weighted by atomic mass is 9.90. The second kappa shape index (κ2) is 6.18. The SMILES string of the molecule is CCCCNC(=O)C(C)N1CCC(C)(C(=O)O)C1. The summed E-state index contributed by atoms with van der Waals surface area (Å²) in [4.78, 5) is 25.0. The number of hydrogen-bond donors (Lipinski definition) is 2. The minimum Gasteiger partial charge on any atom is -0.481 e. The van der Waals surface area contributed by atoms with Gasteiger partial charge in [0, 0.05) is 19.6 Å². The van der Waals surface area contributed by atoms with Gasteiger partial charge in [0.2, 0.25) is 5.91 Å². The standard InChI is InChI=1S/C13H24N2O3/c1-4-5-7-14-11(16)10(2)15-8-6-13(3,9-15)12(17)18/h10H,4-9H2,1-3H3,(H,14,16)(H,17,18). The summed E-state index contributed by atoms with van der Waals surface area (Å²) in [5.74, 6) is -0.776. The van der Waals surface area contributed by atoms with E-state index < -0.39 is 11.4 Å².